The van der Waals surface area contributed by atoms with Crippen LogP contribution in [0.5, 0.6) is 5.75 Å². The summed E-state index contributed by atoms with van der Waals surface area (Å²) in [4.78, 5) is 0.296. The van der Waals surface area contributed by atoms with Gasteiger partial charge in [0.25, 0.3) is 0 Å². The number of hydrogen-bond donors (Lipinski definition) is 1. The number of ether oxygens (including phenoxy) is 2. The van der Waals surface area contributed by atoms with Crippen molar-refractivity contribution in [2.24, 2.45) is 5.73 Å². The van der Waals surface area contributed by atoms with Crippen LogP contribution >= 0.6 is 0 Å². The first-order valence-electron chi connectivity index (χ1n) is 8.07. The zero-order chi connectivity index (χ0) is 18.2. The summed E-state index contributed by atoms with van der Waals surface area (Å²) in [6, 6.07) is 14.2. The van der Waals surface area contributed by atoms with E-state index >= 15 is 0 Å². The molecule has 2 aromatic carbocycles. The molecule has 0 aromatic heterocycles. The van der Waals surface area contributed by atoms with E-state index < -0.39 is 20.6 Å². The molecule has 2 N–H and O–H groups in total. The highest BCUT2D eigenvalue weighted by molar-refractivity contribution is 7.92. The van der Waals surface area contributed by atoms with Crippen molar-refractivity contribution in [1.82, 2.24) is 0 Å². The van der Waals surface area contributed by atoms with E-state index in [1.807, 2.05) is 31.2 Å². The third-order valence-electron chi connectivity index (χ3n) is 4.86. The quantitative estimate of drug-likeness (QED) is 0.854. The lowest BCUT2D eigenvalue weighted by Crippen LogP contribution is -2.35. The first-order chi connectivity index (χ1) is 11.8. The zero-order valence-electron chi connectivity index (χ0n) is 14.6. The summed E-state index contributed by atoms with van der Waals surface area (Å²) in [6.45, 7) is 2.10. The Morgan fingerprint density at radius 1 is 1.04 bits per heavy atom. The summed E-state index contributed by atoms with van der Waals surface area (Å²) < 4.78 is 36.7. The van der Waals surface area contributed by atoms with Gasteiger partial charge in [0.1, 0.15) is 5.75 Å². The maximum Gasteiger partial charge on any atom is 0.183 e. The first-order valence-corrected chi connectivity index (χ1v) is 9.61. The molecule has 5 nitrogen and oxygen atoms in total. The van der Waals surface area contributed by atoms with Crippen molar-refractivity contribution < 1.29 is 17.9 Å². The standard InChI is InChI=1S/C19H23NO4S/c1-13-4-10-16(11-5-13)25(21,22)18-17(19(18,20)12-23-2)14-6-8-15(24-3)9-7-14/h4-11,17-18H,12,20H2,1-3H3/t17-,18+,19-/m1/s1. The van der Waals surface area contributed by atoms with E-state index in [2.05, 4.69) is 0 Å². The summed E-state index contributed by atoms with van der Waals surface area (Å²) in [7, 11) is -0.434. The topological polar surface area (TPSA) is 78.6 Å². The van der Waals surface area contributed by atoms with Crippen molar-refractivity contribution in [2.75, 3.05) is 20.8 Å². The van der Waals surface area contributed by atoms with Gasteiger partial charge in [0, 0.05) is 13.0 Å². The molecule has 1 aliphatic carbocycles. The molecular weight excluding hydrogens is 338 g/mol. The minimum Gasteiger partial charge on any atom is -0.497 e. The average molecular weight is 361 g/mol. The third kappa shape index (κ3) is 3.05. The van der Waals surface area contributed by atoms with E-state index in [-0.39, 0.29) is 12.5 Å². The van der Waals surface area contributed by atoms with Gasteiger partial charge in [-0.2, -0.15) is 0 Å². The highest BCUT2D eigenvalue weighted by Crippen LogP contribution is 2.55. The molecule has 1 fully saturated rings. The molecule has 6 heteroatoms. The van der Waals surface area contributed by atoms with Gasteiger partial charge in [-0.25, -0.2) is 8.42 Å². The Balaban J connectivity index is 1.99. The van der Waals surface area contributed by atoms with Crippen molar-refractivity contribution in [1.29, 1.82) is 0 Å². The van der Waals surface area contributed by atoms with Gasteiger partial charge in [0.2, 0.25) is 0 Å². The predicted molar refractivity (Wildman–Crippen MR) is 96.7 cm³/mol. The number of nitrogens with two attached hydrogens (primary N) is 1. The Labute approximate surface area is 148 Å². The van der Waals surface area contributed by atoms with Crippen LogP contribution in [0.4, 0.5) is 0 Å². The number of benzene rings is 2. The van der Waals surface area contributed by atoms with Crippen molar-refractivity contribution >= 4 is 9.84 Å². The van der Waals surface area contributed by atoms with Crippen LogP contribution in [0.1, 0.15) is 17.0 Å². The second-order valence-electron chi connectivity index (χ2n) is 6.57. The molecule has 3 atom stereocenters. The van der Waals surface area contributed by atoms with Gasteiger partial charge >= 0.3 is 0 Å². The Morgan fingerprint density at radius 2 is 1.64 bits per heavy atom. The molecular formula is C19H23NO4S. The van der Waals surface area contributed by atoms with Crippen LogP contribution in [0.3, 0.4) is 0 Å². The maximum atomic E-state index is 13.1. The summed E-state index contributed by atoms with van der Waals surface area (Å²) in [5.41, 5.74) is 7.42. The number of sulfone groups is 1. The van der Waals surface area contributed by atoms with Crippen LogP contribution < -0.4 is 10.5 Å². The molecule has 0 bridgehead atoms. The molecule has 0 saturated heterocycles. The van der Waals surface area contributed by atoms with E-state index in [1.165, 1.54) is 7.11 Å². The monoisotopic (exact) mass is 361 g/mol. The molecule has 134 valence electrons. The van der Waals surface area contributed by atoms with Crippen LogP contribution in [0.25, 0.3) is 0 Å². The van der Waals surface area contributed by atoms with Gasteiger partial charge in [-0.15, -0.1) is 0 Å². The smallest absolute Gasteiger partial charge is 0.183 e. The van der Waals surface area contributed by atoms with Gasteiger partial charge < -0.3 is 15.2 Å². The lowest BCUT2D eigenvalue weighted by Gasteiger charge is -2.11. The van der Waals surface area contributed by atoms with Gasteiger partial charge in [-0.3, -0.25) is 0 Å². The second kappa shape index (κ2) is 6.44. The molecule has 0 amide bonds. The maximum absolute atomic E-state index is 13.1. The Morgan fingerprint density at radius 3 is 2.16 bits per heavy atom. The zero-order valence-corrected chi connectivity index (χ0v) is 15.4. The molecule has 1 saturated carbocycles. The van der Waals surface area contributed by atoms with E-state index in [0.29, 0.717) is 4.90 Å². The summed E-state index contributed by atoms with van der Waals surface area (Å²) in [5.74, 6) is 0.404. The highest BCUT2D eigenvalue weighted by atomic mass is 32.2. The molecule has 0 spiro atoms. The van der Waals surface area contributed by atoms with E-state index in [9.17, 15) is 8.42 Å². The minimum atomic E-state index is -3.56. The van der Waals surface area contributed by atoms with Gasteiger partial charge in [0.05, 0.1) is 29.4 Å². The molecule has 25 heavy (non-hydrogen) atoms. The first kappa shape index (κ1) is 17.9. The van der Waals surface area contributed by atoms with Crippen LogP contribution in [0.15, 0.2) is 53.4 Å². The van der Waals surface area contributed by atoms with E-state index in [1.54, 1.807) is 31.4 Å². The molecule has 0 aliphatic heterocycles. The van der Waals surface area contributed by atoms with Crippen molar-refractivity contribution in [3.63, 3.8) is 0 Å². The highest BCUT2D eigenvalue weighted by Gasteiger charge is 2.69. The largest absolute Gasteiger partial charge is 0.497 e. The fourth-order valence-corrected chi connectivity index (χ4v) is 5.77. The van der Waals surface area contributed by atoms with Gasteiger partial charge in [-0.05, 0) is 36.8 Å². The molecule has 0 heterocycles. The molecule has 0 unspecified atom stereocenters. The molecule has 0 radical (unpaired) electrons. The van der Waals surface area contributed by atoms with E-state index in [0.717, 1.165) is 16.9 Å². The third-order valence-corrected chi connectivity index (χ3v) is 7.16. The van der Waals surface area contributed by atoms with Crippen LogP contribution in [-0.2, 0) is 14.6 Å². The Kier molecular flexibility index (Phi) is 4.62. The number of rotatable bonds is 6. The van der Waals surface area contributed by atoms with Crippen LogP contribution in [0.2, 0.25) is 0 Å². The van der Waals surface area contributed by atoms with Crippen molar-refractivity contribution in [3.05, 3.63) is 59.7 Å². The minimum absolute atomic E-state index is 0.180. The number of methoxy groups -OCH3 is 2. The van der Waals surface area contributed by atoms with E-state index in [4.69, 9.17) is 15.2 Å². The van der Waals surface area contributed by atoms with Crippen LogP contribution in [0, 0.1) is 6.92 Å². The molecule has 3 rings (SSSR count). The van der Waals surface area contributed by atoms with Crippen LogP contribution in [-0.4, -0.2) is 40.0 Å². The second-order valence-corrected chi connectivity index (χ2v) is 8.64. The molecule has 1 aliphatic rings. The lowest BCUT2D eigenvalue weighted by atomic mass is 10.1. The number of hydrogen-bond acceptors (Lipinski definition) is 5. The number of aryl methyl sites for hydroxylation is 1. The van der Waals surface area contributed by atoms with Gasteiger partial charge in [0.15, 0.2) is 9.84 Å². The summed E-state index contributed by atoms with van der Waals surface area (Å²) >= 11 is 0. The Bertz CT molecular complexity index is 846. The Hall–Kier alpha value is -1.89. The fourth-order valence-electron chi connectivity index (χ4n) is 3.48. The van der Waals surface area contributed by atoms with Crippen molar-refractivity contribution in [3.8, 4) is 5.75 Å². The molecule has 2 aromatic rings. The van der Waals surface area contributed by atoms with Crippen molar-refractivity contribution in [2.45, 2.75) is 28.5 Å². The van der Waals surface area contributed by atoms with Gasteiger partial charge in [-0.1, -0.05) is 29.8 Å². The normalized spacial score (nSPS) is 25.6. The summed E-state index contributed by atoms with van der Waals surface area (Å²) in [5, 5.41) is -0.712. The predicted octanol–water partition coefficient (Wildman–Crippen LogP) is 2.29. The SMILES string of the molecule is COC[C@@]1(N)[C@H](c2ccc(OC)cc2)[C@@H]1S(=O)(=O)c1ccc(C)cc1. The summed E-state index contributed by atoms with van der Waals surface area (Å²) in [6.07, 6.45) is 0. The fraction of sp³-hybridized carbons (Fsp3) is 0.368. The lowest BCUT2D eigenvalue weighted by molar-refractivity contribution is 0.171. The average Bonchev–Trinajstić information content (AvgIpc) is 3.22.